The lowest BCUT2D eigenvalue weighted by molar-refractivity contribution is 0.671. The van der Waals surface area contributed by atoms with E-state index in [0.717, 1.165) is 60.7 Å². The number of furan rings is 1. The Hall–Kier alpha value is -6.63. The fraction of sp³-hybridized carbons (Fsp3) is 0. The predicted octanol–water partition coefficient (Wildman–Crippen LogP) is 12.2. The average Bonchev–Trinajstić information content (AvgIpc) is 3.88. The molecule has 0 aliphatic carbocycles. The quantitative estimate of drug-likeness (QED) is 0.187. The normalized spacial score (nSPS) is 11.9. The summed E-state index contributed by atoms with van der Waals surface area (Å²) in [4.78, 5) is 15.4. The second-order valence-corrected chi connectivity index (χ2v) is 13.9. The van der Waals surface area contributed by atoms with Crippen LogP contribution < -0.4 is 0 Å². The lowest BCUT2D eigenvalue weighted by Crippen LogP contribution is -2.00. The molecule has 0 fully saturated rings. The van der Waals surface area contributed by atoms with E-state index in [-0.39, 0.29) is 0 Å². The molecule has 0 unspecified atom stereocenters. The second kappa shape index (κ2) is 10.9. The van der Waals surface area contributed by atoms with E-state index in [9.17, 15) is 0 Å². The molecular formula is C45H26N4OS. The van der Waals surface area contributed by atoms with Crippen LogP contribution in [-0.4, -0.2) is 19.5 Å². The van der Waals surface area contributed by atoms with Crippen LogP contribution in [-0.2, 0) is 0 Å². The maximum Gasteiger partial charge on any atom is 0.164 e. The van der Waals surface area contributed by atoms with Crippen molar-refractivity contribution in [2.24, 2.45) is 0 Å². The molecule has 0 aliphatic heterocycles. The van der Waals surface area contributed by atoms with Gasteiger partial charge in [0.25, 0.3) is 0 Å². The first-order valence-corrected chi connectivity index (χ1v) is 17.8. The molecule has 0 radical (unpaired) electrons. The van der Waals surface area contributed by atoms with Crippen LogP contribution in [0.5, 0.6) is 0 Å². The van der Waals surface area contributed by atoms with Gasteiger partial charge in [0.1, 0.15) is 5.58 Å². The van der Waals surface area contributed by atoms with Crippen LogP contribution in [0.4, 0.5) is 0 Å². The molecule has 11 rings (SSSR count). The summed E-state index contributed by atoms with van der Waals surface area (Å²) in [5.41, 5.74) is 7.81. The summed E-state index contributed by atoms with van der Waals surface area (Å²) < 4.78 is 11.5. The van der Waals surface area contributed by atoms with Crippen molar-refractivity contribution >= 4 is 75.3 Å². The topological polar surface area (TPSA) is 56.7 Å². The van der Waals surface area contributed by atoms with Gasteiger partial charge in [0.2, 0.25) is 0 Å². The number of hydrogen-bond donors (Lipinski definition) is 0. The number of nitrogens with zero attached hydrogens (tertiary/aromatic N) is 4. The van der Waals surface area contributed by atoms with Gasteiger partial charge in [-0.3, -0.25) is 0 Å². The van der Waals surface area contributed by atoms with Crippen molar-refractivity contribution < 1.29 is 4.42 Å². The highest BCUT2D eigenvalue weighted by Crippen LogP contribution is 2.42. The van der Waals surface area contributed by atoms with Gasteiger partial charge in [-0.25, -0.2) is 15.0 Å². The number of benzene rings is 7. The lowest BCUT2D eigenvalue weighted by atomic mass is 10.0. The summed E-state index contributed by atoms with van der Waals surface area (Å²) in [6.07, 6.45) is 0. The minimum Gasteiger partial charge on any atom is -0.454 e. The first-order valence-electron chi connectivity index (χ1n) is 16.9. The van der Waals surface area contributed by atoms with Crippen LogP contribution in [0, 0.1) is 0 Å². The lowest BCUT2D eigenvalue weighted by Gasteiger charge is -2.09. The van der Waals surface area contributed by atoms with Crippen molar-refractivity contribution in [2.45, 2.75) is 0 Å². The van der Waals surface area contributed by atoms with Gasteiger partial charge in [-0.05, 0) is 54.6 Å². The number of aromatic nitrogens is 4. The zero-order valence-electron chi connectivity index (χ0n) is 27.1. The Labute approximate surface area is 295 Å². The molecule has 4 heterocycles. The molecule has 51 heavy (non-hydrogen) atoms. The summed E-state index contributed by atoms with van der Waals surface area (Å²) in [5, 5.41) is 6.80. The number of rotatable bonds is 4. The van der Waals surface area contributed by atoms with Gasteiger partial charge < -0.3 is 8.98 Å². The predicted molar refractivity (Wildman–Crippen MR) is 211 cm³/mol. The molecule has 0 N–H and O–H groups in total. The Kier molecular flexibility index (Phi) is 6.05. The van der Waals surface area contributed by atoms with E-state index < -0.39 is 0 Å². The average molecular weight is 671 g/mol. The Morgan fingerprint density at radius 2 is 1.16 bits per heavy atom. The highest BCUT2D eigenvalue weighted by molar-refractivity contribution is 7.25. The largest absolute Gasteiger partial charge is 0.454 e. The van der Waals surface area contributed by atoms with E-state index in [0.29, 0.717) is 17.5 Å². The van der Waals surface area contributed by atoms with Crippen molar-refractivity contribution in [3.63, 3.8) is 0 Å². The summed E-state index contributed by atoms with van der Waals surface area (Å²) in [6, 6.07) is 54.8. The van der Waals surface area contributed by atoms with Gasteiger partial charge >= 0.3 is 0 Å². The molecule has 0 saturated carbocycles. The van der Waals surface area contributed by atoms with Crippen molar-refractivity contribution in [3.05, 3.63) is 158 Å². The van der Waals surface area contributed by atoms with Crippen molar-refractivity contribution in [1.29, 1.82) is 0 Å². The van der Waals surface area contributed by atoms with E-state index >= 15 is 0 Å². The molecule has 7 aromatic carbocycles. The molecule has 0 amide bonds. The highest BCUT2D eigenvalue weighted by atomic mass is 32.1. The van der Waals surface area contributed by atoms with Crippen molar-refractivity contribution in [1.82, 2.24) is 19.5 Å². The van der Waals surface area contributed by atoms with Crippen LogP contribution in [0.15, 0.2) is 162 Å². The Morgan fingerprint density at radius 1 is 0.471 bits per heavy atom. The van der Waals surface area contributed by atoms with Crippen LogP contribution in [0.25, 0.3) is 104 Å². The minimum atomic E-state index is 0.617. The summed E-state index contributed by atoms with van der Waals surface area (Å²) in [5.74, 6) is 1.91. The van der Waals surface area contributed by atoms with Crippen molar-refractivity contribution in [2.75, 3.05) is 0 Å². The molecule has 6 heteroatoms. The standard InChI is InChI=1S/C45H26N4OS/c1-3-12-27(13-4-1)43-46-44(48-45(47-43)34-18-11-21-39-40(34)33-17-8-10-20-38(33)51-39)28-22-25-37-35(26-28)32-24-23-31-30-16-7-9-19-36(30)49(41(31)42(32)50-37)29-14-5-2-6-15-29/h1-26H. The van der Waals surface area contributed by atoms with Crippen LogP contribution >= 0.6 is 11.3 Å². The zero-order chi connectivity index (χ0) is 33.5. The molecule has 0 spiro atoms. The summed E-state index contributed by atoms with van der Waals surface area (Å²) >= 11 is 1.79. The minimum absolute atomic E-state index is 0.617. The maximum atomic E-state index is 6.74. The Balaban J connectivity index is 1.16. The van der Waals surface area contributed by atoms with Gasteiger partial charge in [-0.15, -0.1) is 11.3 Å². The van der Waals surface area contributed by atoms with E-state index in [1.165, 1.54) is 25.6 Å². The molecule has 5 nitrogen and oxygen atoms in total. The van der Waals surface area contributed by atoms with Crippen LogP contribution in [0.3, 0.4) is 0 Å². The number of para-hydroxylation sites is 2. The molecule has 238 valence electrons. The molecule has 11 aromatic rings. The Bertz CT molecular complexity index is 3140. The maximum absolute atomic E-state index is 6.74. The first-order chi connectivity index (χ1) is 25.3. The molecule has 0 atom stereocenters. The molecular weight excluding hydrogens is 645 g/mol. The molecule has 0 bridgehead atoms. The van der Waals surface area contributed by atoms with Gasteiger partial charge in [-0.1, -0.05) is 103 Å². The van der Waals surface area contributed by atoms with Crippen LogP contribution in [0.1, 0.15) is 0 Å². The third-order valence-electron chi connectivity index (χ3n) is 9.86. The second-order valence-electron chi connectivity index (χ2n) is 12.8. The van der Waals surface area contributed by atoms with Gasteiger partial charge in [0.05, 0.1) is 11.0 Å². The number of fused-ring (bicyclic) bond motifs is 10. The van der Waals surface area contributed by atoms with E-state index in [2.05, 4.69) is 126 Å². The Morgan fingerprint density at radius 3 is 2.02 bits per heavy atom. The molecule has 0 aliphatic rings. The smallest absolute Gasteiger partial charge is 0.164 e. The third-order valence-corrected chi connectivity index (χ3v) is 11.0. The number of hydrogen-bond acceptors (Lipinski definition) is 5. The number of thiophene rings is 1. The monoisotopic (exact) mass is 670 g/mol. The first kappa shape index (κ1) is 28.2. The van der Waals surface area contributed by atoms with E-state index in [4.69, 9.17) is 19.4 Å². The fourth-order valence-electron chi connectivity index (χ4n) is 7.57. The SMILES string of the molecule is c1ccc(-c2nc(-c3ccc4oc5c(ccc6c7ccccc7n(-c7ccccc7)c65)c4c3)nc(-c3cccc4sc5ccccc5c34)n2)cc1. The van der Waals surface area contributed by atoms with Crippen LogP contribution in [0.2, 0.25) is 0 Å². The summed E-state index contributed by atoms with van der Waals surface area (Å²) in [6.45, 7) is 0. The zero-order valence-corrected chi connectivity index (χ0v) is 27.9. The van der Waals surface area contributed by atoms with Gasteiger partial charge in [-0.2, -0.15) is 0 Å². The van der Waals surface area contributed by atoms with Crippen molar-refractivity contribution in [3.8, 4) is 39.9 Å². The summed E-state index contributed by atoms with van der Waals surface area (Å²) in [7, 11) is 0. The molecule has 4 aromatic heterocycles. The van der Waals surface area contributed by atoms with Gasteiger partial charge in [0.15, 0.2) is 23.1 Å². The van der Waals surface area contributed by atoms with E-state index in [1.807, 2.05) is 36.4 Å². The van der Waals surface area contributed by atoms with Gasteiger partial charge in [0, 0.05) is 64.1 Å². The van der Waals surface area contributed by atoms with E-state index in [1.54, 1.807) is 11.3 Å². The third kappa shape index (κ3) is 4.30. The molecule has 0 saturated heterocycles. The fourth-order valence-corrected chi connectivity index (χ4v) is 8.70. The highest BCUT2D eigenvalue weighted by Gasteiger charge is 2.21.